The minimum Gasteiger partial charge on any atom is -0.494 e. The van der Waals surface area contributed by atoms with Gasteiger partial charge in [-0.3, -0.25) is 0 Å². The van der Waals surface area contributed by atoms with Crippen LogP contribution in [0.2, 0.25) is 0 Å². The highest BCUT2D eigenvalue weighted by Gasteiger charge is 2.27. The molecule has 96 valence electrons. The average Bonchev–Trinajstić information content (AvgIpc) is 2.23. The fourth-order valence-electron chi connectivity index (χ4n) is 1.65. The summed E-state index contributed by atoms with van der Waals surface area (Å²) >= 11 is 0. The molecule has 0 amide bonds. The van der Waals surface area contributed by atoms with E-state index >= 15 is 0 Å². The van der Waals surface area contributed by atoms with Crippen molar-refractivity contribution >= 4 is 12.4 Å². The maximum atomic E-state index is 12.6. The predicted molar refractivity (Wildman–Crippen MR) is 64.9 cm³/mol. The lowest BCUT2D eigenvalue weighted by Gasteiger charge is -2.18. The molecule has 0 aliphatic carbocycles. The van der Waals surface area contributed by atoms with Crippen molar-refractivity contribution in [3.05, 3.63) is 23.8 Å². The smallest absolute Gasteiger partial charge is 0.494 e. The Kier molecular flexibility index (Phi) is 4.91. The van der Waals surface area contributed by atoms with E-state index < -0.39 is 12.4 Å². The van der Waals surface area contributed by atoms with Gasteiger partial charge < -0.3 is 17.7 Å². The third-order valence-electron chi connectivity index (χ3n) is 2.61. The zero-order chi connectivity index (χ0) is 12.9. The molecule has 5 heteroatoms. The van der Waals surface area contributed by atoms with Gasteiger partial charge in [-0.1, -0.05) is 31.4 Å². The number of hydrogen-bond donors (Lipinski definition) is 0. The van der Waals surface area contributed by atoms with Gasteiger partial charge in [-0.25, -0.2) is 0 Å². The molecule has 0 atom stereocenters. The van der Waals surface area contributed by atoms with E-state index in [1.807, 2.05) is 0 Å². The lowest BCUT2D eigenvalue weighted by atomic mass is 9.77. The first-order valence-corrected chi connectivity index (χ1v) is 5.88. The summed E-state index contributed by atoms with van der Waals surface area (Å²) in [5.74, 6) is 0.516. The molecule has 0 aromatic heterocycles. The van der Waals surface area contributed by atoms with Gasteiger partial charge in [0.15, 0.2) is 0 Å². The van der Waals surface area contributed by atoms with E-state index in [2.05, 4.69) is 6.92 Å². The van der Waals surface area contributed by atoms with Gasteiger partial charge in [-0.05, 0) is 25.5 Å². The number of aryl methyl sites for hydroxylation is 1. The Labute approximate surface area is 100 Å². The first-order valence-electron chi connectivity index (χ1n) is 5.88. The second-order valence-corrected chi connectivity index (χ2v) is 4.15. The lowest BCUT2D eigenvalue weighted by molar-refractivity contribution is 0.306. The number of ether oxygens (including phenoxy) is 1. The van der Waals surface area contributed by atoms with Crippen LogP contribution in [0.4, 0.5) is 12.9 Å². The van der Waals surface area contributed by atoms with Crippen LogP contribution in [0.3, 0.4) is 0 Å². The SMILES string of the molecule is CCCCCOc1ccc([B-](F)(F)F)c(C)c1. The zero-order valence-electron chi connectivity index (χ0n) is 10.2. The van der Waals surface area contributed by atoms with Gasteiger partial charge in [0.05, 0.1) is 6.61 Å². The molecule has 0 N–H and O–H groups in total. The summed E-state index contributed by atoms with van der Waals surface area (Å²) in [4.78, 5) is 0. The van der Waals surface area contributed by atoms with Crippen LogP contribution in [-0.4, -0.2) is 13.6 Å². The molecule has 0 bridgehead atoms. The first-order chi connectivity index (χ1) is 7.95. The molecule has 0 aliphatic heterocycles. The third-order valence-corrected chi connectivity index (χ3v) is 2.61. The van der Waals surface area contributed by atoms with Crippen molar-refractivity contribution in [2.24, 2.45) is 0 Å². The van der Waals surface area contributed by atoms with Crippen molar-refractivity contribution in [2.45, 2.75) is 33.1 Å². The minimum atomic E-state index is -4.92. The quantitative estimate of drug-likeness (QED) is 0.549. The van der Waals surface area contributed by atoms with E-state index in [1.165, 1.54) is 19.1 Å². The second kappa shape index (κ2) is 5.98. The highest BCUT2D eigenvalue weighted by Crippen LogP contribution is 2.17. The van der Waals surface area contributed by atoms with E-state index in [0.717, 1.165) is 25.3 Å². The molecule has 0 spiro atoms. The van der Waals surface area contributed by atoms with Gasteiger partial charge in [-0.15, -0.1) is 5.46 Å². The summed E-state index contributed by atoms with van der Waals surface area (Å²) in [7, 11) is 0. The number of rotatable bonds is 6. The number of halogens is 3. The molecule has 1 rings (SSSR count). The molecule has 0 aliphatic rings. The fourth-order valence-corrected chi connectivity index (χ4v) is 1.65. The Morgan fingerprint density at radius 2 is 1.88 bits per heavy atom. The Morgan fingerprint density at radius 1 is 1.18 bits per heavy atom. The maximum absolute atomic E-state index is 12.6. The molecular formula is C12H17BF3O-. The average molecular weight is 245 g/mol. The molecule has 0 fully saturated rings. The number of benzene rings is 1. The fraction of sp³-hybridized carbons (Fsp3) is 0.500. The van der Waals surface area contributed by atoms with Gasteiger partial charge >= 0.3 is 6.98 Å². The van der Waals surface area contributed by atoms with E-state index in [-0.39, 0.29) is 5.56 Å². The zero-order valence-corrected chi connectivity index (χ0v) is 10.2. The molecule has 0 unspecified atom stereocenters. The summed E-state index contributed by atoms with van der Waals surface area (Å²) in [5, 5.41) is 0. The molecule has 1 nitrogen and oxygen atoms in total. The Hall–Kier alpha value is -1.13. The van der Waals surface area contributed by atoms with Gasteiger partial charge in [0.2, 0.25) is 0 Å². The normalized spacial score (nSPS) is 11.6. The monoisotopic (exact) mass is 245 g/mol. The third kappa shape index (κ3) is 4.33. The second-order valence-electron chi connectivity index (χ2n) is 4.15. The summed E-state index contributed by atoms with van der Waals surface area (Å²) < 4.78 is 43.1. The van der Waals surface area contributed by atoms with Crippen molar-refractivity contribution in [2.75, 3.05) is 6.61 Å². The number of hydrogen-bond acceptors (Lipinski definition) is 1. The first kappa shape index (κ1) is 13.9. The lowest BCUT2D eigenvalue weighted by Crippen LogP contribution is -2.35. The summed E-state index contributed by atoms with van der Waals surface area (Å²) in [6.45, 7) is -0.814. The van der Waals surface area contributed by atoms with Gasteiger partial charge in [0, 0.05) is 0 Å². The van der Waals surface area contributed by atoms with Crippen molar-refractivity contribution < 1.29 is 17.7 Å². The Bertz CT molecular complexity index is 363. The topological polar surface area (TPSA) is 9.23 Å². The summed E-state index contributed by atoms with van der Waals surface area (Å²) in [5.41, 5.74) is -0.309. The van der Waals surface area contributed by atoms with Gasteiger partial charge in [0.1, 0.15) is 5.75 Å². The Balaban J connectivity index is 2.63. The molecule has 1 aromatic rings. The van der Waals surface area contributed by atoms with Crippen LogP contribution in [0.25, 0.3) is 0 Å². The van der Waals surface area contributed by atoms with Crippen LogP contribution in [0, 0.1) is 6.92 Å². The standard InChI is InChI=1S/C12H17BF3O/c1-3-4-5-8-17-11-6-7-12(10(2)9-11)13(14,15)16/h6-7,9H,3-5,8H2,1-2H3/q-1. The van der Waals surface area contributed by atoms with Gasteiger partial charge in [0.25, 0.3) is 0 Å². The van der Waals surface area contributed by atoms with Crippen LogP contribution in [0.1, 0.15) is 31.7 Å². The largest absolute Gasteiger partial charge is 0.509 e. The van der Waals surface area contributed by atoms with Crippen LogP contribution in [0.5, 0.6) is 5.75 Å². The van der Waals surface area contributed by atoms with Crippen molar-refractivity contribution in [1.82, 2.24) is 0 Å². The van der Waals surface area contributed by atoms with Crippen LogP contribution in [-0.2, 0) is 0 Å². The maximum Gasteiger partial charge on any atom is 0.509 e. The van der Waals surface area contributed by atoms with Gasteiger partial charge in [-0.2, -0.15) is 0 Å². The molecule has 0 saturated carbocycles. The minimum absolute atomic E-state index is 0.227. The number of unbranched alkanes of at least 4 members (excludes halogenated alkanes) is 2. The molecule has 0 saturated heterocycles. The van der Waals surface area contributed by atoms with E-state index in [9.17, 15) is 12.9 Å². The van der Waals surface area contributed by atoms with E-state index in [0.29, 0.717) is 12.4 Å². The van der Waals surface area contributed by atoms with Crippen LogP contribution in [0.15, 0.2) is 18.2 Å². The van der Waals surface area contributed by atoms with Crippen molar-refractivity contribution in [1.29, 1.82) is 0 Å². The van der Waals surface area contributed by atoms with Crippen LogP contribution < -0.4 is 10.2 Å². The van der Waals surface area contributed by atoms with Crippen LogP contribution >= 0.6 is 0 Å². The molecular weight excluding hydrogens is 228 g/mol. The predicted octanol–water partition coefficient (Wildman–Crippen LogP) is 3.62. The highest BCUT2D eigenvalue weighted by molar-refractivity contribution is 6.74. The van der Waals surface area contributed by atoms with Crippen molar-refractivity contribution in [3.63, 3.8) is 0 Å². The Morgan fingerprint density at radius 3 is 2.41 bits per heavy atom. The molecule has 0 heterocycles. The van der Waals surface area contributed by atoms with E-state index in [4.69, 9.17) is 4.74 Å². The molecule has 17 heavy (non-hydrogen) atoms. The van der Waals surface area contributed by atoms with Crippen molar-refractivity contribution in [3.8, 4) is 5.75 Å². The summed E-state index contributed by atoms with van der Waals surface area (Å²) in [6, 6.07) is 3.95. The van der Waals surface area contributed by atoms with E-state index in [1.54, 1.807) is 0 Å². The molecule has 0 radical (unpaired) electrons. The highest BCUT2D eigenvalue weighted by atomic mass is 19.4. The summed E-state index contributed by atoms with van der Waals surface area (Å²) in [6.07, 6.45) is 3.10. The molecule has 1 aromatic carbocycles.